The van der Waals surface area contributed by atoms with E-state index in [4.69, 9.17) is 4.74 Å². The van der Waals surface area contributed by atoms with Gasteiger partial charge in [0.05, 0.1) is 18.5 Å². The lowest BCUT2D eigenvalue weighted by molar-refractivity contribution is 0.243. The highest BCUT2D eigenvalue weighted by Gasteiger charge is 2.21. The zero-order valence-corrected chi connectivity index (χ0v) is 17.1. The number of hydrogen-bond acceptors (Lipinski definition) is 2. The molecule has 2 atom stereocenters. The molecule has 0 N–H and O–H groups in total. The SMILES string of the molecule is CCCOc1ccc(-c2ccc(CCC3CCCC(CCC)C3)cc2)nc1. The van der Waals surface area contributed by atoms with E-state index in [2.05, 4.69) is 49.2 Å². The molecule has 3 rings (SSSR count). The summed E-state index contributed by atoms with van der Waals surface area (Å²) in [5, 5.41) is 0. The number of hydrogen-bond donors (Lipinski definition) is 0. The van der Waals surface area contributed by atoms with E-state index in [1.807, 2.05) is 12.3 Å². The smallest absolute Gasteiger partial charge is 0.137 e. The number of pyridine rings is 1. The van der Waals surface area contributed by atoms with Crippen LogP contribution in [0, 0.1) is 11.8 Å². The number of rotatable bonds is 9. The van der Waals surface area contributed by atoms with Crippen molar-refractivity contribution in [2.75, 3.05) is 6.61 Å². The number of nitrogens with zero attached hydrogens (tertiary/aromatic N) is 1. The largest absolute Gasteiger partial charge is 0.492 e. The Bertz CT molecular complexity index is 660. The monoisotopic (exact) mass is 365 g/mol. The van der Waals surface area contributed by atoms with Gasteiger partial charge in [0, 0.05) is 5.56 Å². The van der Waals surface area contributed by atoms with Gasteiger partial charge in [0.15, 0.2) is 0 Å². The molecule has 0 saturated heterocycles. The minimum Gasteiger partial charge on any atom is -0.492 e. The van der Waals surface area contributed by atoms with Gasteiger partial charge >= 0.3 is 0 Å². The molecule has 0 bridgehead atoms. The van der Waals surface area contributed by atoms with Crippen LogP contribution < -0.4 is 4.74 Å². The number of benzene rings is 1. The molecule has 27 heavy (non-hydrogen) atoms. The molecule has 146 valence electrons. The molecule has 2 aromatic rings. The highest BCUT2D eigenvalue weighted by Crippen LogP contribution is 2.34. The Hall–Kier alpha value is -1.83. The van der Waals surface area contributed by atoms with Crippen molar-refractivity contribution in [1.29, 1.82) is 0 Å². The van der Waals surface area contributed by atoms with Crippen molar-refractivity contribution in [1.82, 2.24) is 4.98 Å². The predicted molar refractivity (Wildman–Crippen MR) is 114 cm³/mol. The van der Waals surface area contributed by atoms with Crippen LogP contribution in [0.2, 0.25) is 0 Å². The Morgan fingerprint density at radius 2 is 1.70 bits per heavy atom. The molecule has 1 fully saturated rings. The van der Waals surface area contributed by atoms with E-state index in [1.165, 1.54) is 62.5 Å². The van der Waals surface area contributed by atoms with E-state index in [1.54, 1.807) is 0 Å². The van der Waals surface area contributed by atoms with E-state index < -0.39 is 0 Å². The molecule has 1 aliphatic carbocycles. The molecule has 0 spiro atoms. The zero-order chi connectivity index (χ0) is 18.9. The minimum atomic E-state index is 0.746. The first-order chi connectivity index (χ1) is 13.3. The second-order valence-electron chi connectivity index (χ2n) is 8.15. The summed E-state index contributed by atoms with van der Waals surface area (Å²) in [4.78, 5) is 4.55. The summed E-state index contributed by atoms with van der Waals surface area (Å²) in [5.74, 6) is 2.78. The molecule has 2 heteroatoms. The molecule has 2 unspecified atom stereocenters. The predicted octanol–water partition coefficient (Wildman–Crippen LogP) is 7.08. The average Bonchev–Trinajstić information content (AvgIpc) is 2.72. The lowest BCUT2D eigenvalue weighted by atomic mass is 9.77. The van der Waals surface area contributed by atoms with Crippen LogP contribution in [-0.2, 0) is 6.42 Å². The molecule has 1 saturated carbocycles. The van der Waals surface area contributed by atoms with Crippen LogP contribution in [-0.4, -0.2) is 11.6 Å². The highest BCUT2D eigenvalue weighted by molar-refractivity contribution is 5.59. The van der Waals surface area contributed by atoms with Gasteiger partial charge in [-0.3, -0.25) is 4.98 Å². The van der Waals surface area contributed by atoms with Gasteiger partial charge in [0.1, 0.15) is 5.75 Å². The van der Waals surface area contributed by atoms with E-state index >= 15 is 0 Å². The van der Waals surface area contributed by atoms with Gasteiger partial charge < -0.3 is 4.74 Å². The molecular formula is C25H35NO. The van der Waals surface area contributed by atoms with Crippen LogP contribution in [0.4, 0.5) is 0 Å². The molecule has 0 amide bonds. The quantitative estimate of drug-likeness (QED) is 0.474. The van der Waals surface area contributed by atoms with Gasteiger partial charge in [-0.05, 0) is 55.2 Å². The van der Waals surface area contributed by atoms with Crippen LogP contribution in [0.5, 0.6) is 5.75 Å². The Morgan fingerprint density at radius 3 is 2.37 bits per heavy atom. The van der Waals surface area contributed by atoms with Gasteiger partial charge in [0.25, 0.3) is 0 Å². The van der Waals surface area contributed by atoms with Crippen molar-refractivity contribution in [3.63, 3.8) is 0 Å². The number of ether oxygens (including phenoxy) is 1. The normalized spacial score (nSPS) is 19.8. The van der Waals surface area contributed by atoms with Crippen LogP contribution in [0.1, 0.15) is 70.8 Å². The fraction of sp³-hybridized carbons (Fsp3) is 0.560. The van der Waals surface area contributed by atoms with Crippen LogP contribution in [0.3, 0.4) is 0 Å². The third kappa shape index (κ3) is 6.09. The lowest BCUT2D eigenvalue weighted by Gasteiger charge is -2.29. The summed E-state index contributed by atoms with van der Waals surface area (Å²) in [6.07, 6.45) is 14.0. The molecule has 1 aliphatic rings. The van der Waals surface area contributed by atoms with Crippen molar-refractivity contribution in [3.05, 3.63) is 48.2 Å². The fourth-order valence-corrected chi connectivity index (χ4v) is 4.40. The van der Waals surface area contributed by atoms with E-state index in [-0.39, 0.29) is 0 Å². The summed E-state index contributed by atoms with van der Waals surface area (Å²) in [6.45, 7) is 5.18. The van der Waals surface area contributed by atoms with Gasteiger partial charge in [-0.25, -0.2) is 0 Å². The molecule has 1 aromatic heterocycles. The van der Waals surface area contributed by atoms with Gasteiger partial charge in [-0.1, -0.05) is 70.2 Å². The first-order valence-corrected chi connectivity index (χ1v) is 11.0. The van der Waals surface area contributed by atoms with Gasteiger partial charge in [0.2, 0.25) is 0 Å². The van der Waals surface area contributed by atoms with Crippen molar-refractivity contribution >= 4 is 0 Å². The standard InChI is InChI=1S/C25H35NO/c1-3-6-21-7-5-8-22(18-21)10-9-20-11-13-23(14-12-20)25-16-15-24(19-26-25)27-17-4-2/h11-16,19,21-22H,3-10,17-18H2,1-2H3. The number of aromatic nitrogens is 1. The third-order valence-corrected chi connectivity index (χ3v) is 5.89. The summed E-state index contributed by atoms with van der Waals surface area (Å²) in [7, 11) is 0. The van der Waals surface area contributed by atoms with Crippen LogP contribution in [0.15, 0.2) is 42.6 Å². The molecule has 1 aromatic carbocycles. The minimum absolute atomic E-state index is 0.746. The van der Waals surface area contributed by atoms with E-state index in [0.29, 0.717) is 0 Å². The van der Waals surface area contributed by atoms with E-state index in [9.17, 15) is 0 Å². The molecular weight excluding hydrogens is 330 g/mol. The van der Waals surface area contributed by atoms with E-state index in [0.717, 1.165) is 36.3 Å². The highest BCUT2D eigenvalue weighted by atomic mass is 16.5. The molecule has 2 nitrogen and oxygen atoms in total. The summed E-state index contributed by atoms with van der Waals surface area (Å²) in [6, 6.07) is 13.1. The Balaban J connectivity index is 1.51. The molecule has 0 radical (unpaired) electrons. The van der Waals surface area contributed by atoms with Crippen LogP contribution >= 0.6 is 0 Å². The topological polar surface area (TPSA) is 22.1 Å². The first kappa shape index (κ1) is 19.9. The number of aryl methyl sites for hydroxylation is 1. The molecule has 0 aliphatic heterocycles. The van der Waals surface area contributed by atoms with Crippen LogP contribution in [0.25, 0.3) is 11.3 Å². The third-order valence-electron chi connectivity index (χ3n) is 5.89. The van der Waals surface area contributed by atoms with Gasteiger partial charge in [-0.2, -0.15) is 0 Å². The summed E-state index contributed by atoms with van der Waals surface area (Å²) < 4.78 is 5.61. The average molecular weight is 366 g/mol. The molecule has 1 heterocycles. The maximum Gasteiger partial charge on any atom is 0.137 e. The fourth-order valence-electron chi connectivity index (χ4n) is 4.40. The van der Waals surface area contributed by atoms with Crippen molar-refractivity contribution in [3.8, 4) is 17.0 Å². The Morgan fingerprint density at radius 1 is 0.926 bits per heavy atom. The second-order valence-corrected chi connectivity index (χ2v) is 8.15. The summed E-state index contributed by atoms with van der Waals surface area (Å²) >= 11 is 0. The van der Waals surface area contributed by atoms with Crippen molar-refractivity contribution in [2.24, 2.45) is 11.8 Å². The zero-order valence-electron chi connectivity index (χ0n) is 17.1. The Kier molecular flexibility index (Phi) is 7.74. The van der Waals surface area contributed by atoms with Crippen molar-refractivity contribution < 1.29 is 4.74 Å². The first-order valence-electron chi connectivity index (χ1n) is 11.0. The maximum atomic E-state index is 5.61. The Labute approximate surface area is 165 Å². The van der Waals surface area contributed by atoms with Crippen molar-refractivity contribution in [2.45, 2.75) is 71.6 Å². The lowest BCUT2D eigenvalue weighted by Crippen LogP contribution is -2.16. The van der Waals surface area contributed by atoms with Gasteiger partial charge in [-0.15, -0.1) is 0 Å². The second kappa shape index (κ2) is 10.5. The summed E-state index contributed by atoms with van der Waals surface area (Å²) in [5.41, 5.74) is 3.65. The maximum absolute atomic E-state index is 5.61.